The maximum absolute atomic E-state index is 14.2. The molecular weight excluding hydrogens is 515 g/mol. The van der Waals surface area contributed by atoms with Gasteiger partial charge in [0.1, 0.15) is 12.4 Å². The number of amides is 1. The lowest BCUT2D eigenvalue weighted by molar-refractivity contribution is -0.135. The molecule has 0 unspecified atom stereocenters. The predicted octanol–water partition coefficient (Wildman–Crippen LogP) is 4.50. The standard InChI is InChI=1S/C27H29FN2O5S2/c1-34-20-8-10-21(11-9-20)37(32,33)29(16-19-6-7-19)17-27(31)30-14-12-26-22(13-15-36-26)24(30)18-35-25-5-3-2-4-23(25)28/h2-5,8-11,13,15,19,24H,6-7,12,14,16-18H2,1H3/t24-/m0/s1. The Hall–Kier alpha value is -2.95. The Morgan fingerprint density at radius 3 is 2.59 bits per heavy atom. The fourth-order valence-corrected chi connectivity index (χ4v) is 6.97. The van der Waals surface area contributed by atoms with Crippen LogP contribution in [-0.2, 0) is 21.2 Å². The predicted molar refractivity (Wildman–Crippen MR) is 139 cm³/mol. The van der Waals surface area contributed by atoms with E-state index in [1.54, 1.807) is 46.6 Å². The largest absolute Gasteiger partial charge is 0.497 e. The van der Waals surface area contributed by atoms with E-state index in [0.29, 0.717) is 25.3 Å². The van der Waals surface area contributed by atoms with Crippen molar-refractivity contribution in [2.45, 2.75) is 30.2 Å². The summed E-state index contributed by atoms with van der Waals surface area (Å²) >= 11 is 1.62. The third kappa shape index (κ3) is 5.66. The molecule has 5 rings (SSSR count). The van der Waals surface area contributed by atoms with Crippen LogP contribution in [0.4, 0.5) is 4.39 Å². The molecule has 2 aliphatic rings. The number of benzene rings is 2. The van der Waals surface area contributed by atoms with Crippen LogP contribution in [0.15, 0.2) is 64.9 Å². The number of sulfonamides is 1. The van der Waals surface area contributed by atoms with E-state index in [1.165, 1.54) is 29.6 Å². The summed E-state index contributed by atoms with van der Waals surface area (Å²) in [6.07, 6.45) is 2.58. The molecule has 1 aliphatic carbocycles. The van der Waals surface area contributed by atoms with Gasteiger partial charge in [0.15, 0.2) is 11.6 Å². The molecule has 0 saturated heterocycles. The maximum Gasteiger partial charge on any atom is 0.243 e. The number of rotatable bonds is 10. The average Bonchev–Trinajstić information content (AvgIpc) is 3.60. The van der Waals surface area contributed by atoms with Gasteiger partial charge in [0, 0.05) is 18.0 Å². The molecule has 196 valence electrons. The van der Waals surface area contributed by atoms with Crippen LogP contribution < -0.4 is 9.47 Å². The van der Waals surface area contributed by atoms with Gasteiger partial charge in [0.2, 0.25) is 15.9 Å². The molecule has 1 fully saturated rings. The fourth-order valence-electron chi connectivity index (χ4n) is 4.58. The van der Waals surface area contributed by atoms with Crippen LogP contribution in [0.1, 0.15) is 29.3 Å². The van der Waals surface area contributed by atoms with Crippen molar-refractivity contribution in [3.05, 3.63) is 76.2 Å². The number of para-hydroxylation sites is 1. The summed E-state index contributed by atoms with van der Waals surface area (Å²) in [5.74, 6) is 0.168. The zero-order valence-corrected chi connectivity index (χ0v) is 22.1. The van der Waals surface area contributed by atoms with Crippen LogP contribution in [0.25, 0.3) is 0 Å². The van der Waals surface area contributed by atoms with Crippen molar-refractivity contribution in [1.82, 2.24) is 9.21 Å². The molecule has 0 spiro atoms. The zero-order valence-electron chi connectivity index (χ0n) is 20.5. The van der Waals surface area contributed by atoms with E-state index in [0.717, 1.165) is 23.3 Å². The Morgan fingerprint density at radius 1 is 1.14 bits per heavy atom. The van der Waals surface area contributed by atoms with E-state index in [2.05, 4.69) is 0 Å². The minimum Gasteiger partial charge on any atom is -0.497 e. The number of methoxy groups -OCH3 is 1. The Balaban J connectivity index is 1.37. The summed E-state index contributed by atoms with van der Waals surface area (Å²) in [5.41, 5.74) is 0.965. The molecule has 10 heteroatoms. The Labute approximate surface area is 220 Å². The number of halogens is 1. The number of carbonyl (C=O) groups excluding carboxylic acids is 1. The molecule has 37 heavy (non-hydrogen) atoms. The number of thiophene rings is 1. The van der Waals surface area contributed by atoms with Gasteiger partial charge in [-0.3, -0.25) is 4.79 Å². The second-order valence-corrected chi connectivity index (χ2v) is 12.2. The van der Waals surface area contributed by atoms with Crippen molar-refractivity contribution >= 4 is 27.3 Å². The average molecular weight is 545 g/mol. The first-order valence-corrected chi connectivity index (χ1v) is 14.6. The molecule has 0 N–H and O–H groups in total. The van der Waals surface area contributed by atoms with Gasteiger partial charge >= 0.3 is 0 Å². The fraction of sp³-hybridized carbons (Fsp3) is 0.370. The Kier molecular flexibility index (Phi) is 7.50. The highest BCUT2D eigenvalue weighted by molar-refractivity contribution is 7.89. The molecule has 0 radical (unpaired) electrons. The molecule has 0 bridgehead atoms. The third-order valence-electron chi connectivity index (χ3n) is 6.82. The Bertz CT molecular complexity index is 1360. The van der Waals surface area contributed by atoms with Crippen LogP contribution in [-0.4, -0.2) is 56.9 Å². The molecule has 1 aromatic heterocycles. The molecule has 3 aromatic rings. The van der Waals surface area contributed by atoms with Crippen LogP contribution in [0.3, 0.4) is 0 Å². The number of hydrogen-bond acceptors (Lipinski definition) is 6. The quantitative estimate of drug-likeness (QED) is 0.376. The molecule has 2 aromatic carbocycles. The highest BCUT2D eigenvalue weighted by Gasteiger charge is 2.37. The molecule has 1 saturated carbocycles. The van der Waals surface area contributed by atoms with Crippen LogP contribution in [0.2, 0.25) is 0 Å². The number of nitrogens with zero attached hydrogens (tertiary/aromatic N) is 2. The molecule has 1 atom stereocenters. The van der Waals surface area contributed by atoms with Gasteiger partial charge in [0.05, 0.1) is 24.6 Å². The van der Waals surface area contributed by atoms with E-state index < -0.39 is 21.9 Å². The van der Waals surface area contributed by atoms with Gasteiger partial charge in [0.25, 0.3) is 0 Å². The van der Waals surface area contributed by atoms with Crippen LogP contribution in [0.5, 0.6) is 11.5 Å². The number of fused-ring (bicyclic) bond motifs is 1. The van der Waals surface area contributed by atoms with Gasteiger partial charge in [-0.15, -0.1) is 11.3 Å². The highest BCUT2D eigenvalue weighted by atomic mass is 32.2. The van der Waals surface area contributed by atoms with Crippen molar-refractivity contribution in [2.24, 2.45) is 5.92 Å². The first kappa shape index (κ1) is 25.7. The van der Waals surface area contributed by atoms with Crippen molar-refractivity contribution in [2.75, 3.05) is 33.4 Å². The van der Waals surface area contributed by atoms with Gasteiger partial charge in [-0.25, -0.2) is 12.8 Å². The lowest BCUT2D eigenvalue weighted by atomic mass is 10.0. The van der Waals surface area contributed by atoms with Crippen molar-refractivity contribution in [1.29, 1.82) is 0 Å². The molecule has 1 aliphatic heterocycles. The zero-order chi connectivity index (χ0) is 26.0. The first-order valence-electron chi connectivity index (χ1n) is 12.2. The minimum absolute atomic E-state index is 0.0737. The van der Waals surface area contributed by atoms with Crippen molar-refractivity contribution < 1.29 is 27.1 Å². The third-order valence-corrected chi connectivity index (χ3v) is 9.64. The van der Waals surface area contributed by atoms with E-state index in [-0.39, 0.29) is 35.6 Å². The summed E-state index contributed by atoms with van der Waals surface area (Å²) < 4.78 is 53.6. The van der Waals surface area contributed by atoms with E-state index in [4.69, 9.17) is 9.47 Å². The lowest BCUT2D eigenvalue weighted by Gasteiger charge is -2.37. The number of carbonyl (C=O) groups is 1. The molecule has 7 nitrogen and oxygen atoms in total. The van der Waals surface area contributed by atoms with Crippen LogP contribution in [0, 0.1) is 11.7 Å². The summed E-state index contributed by atoms with van der Waals surface area (Å²) in [6, 6.07) is 13.9. The number of ether oxygens (including phenoxy) is 2. The van der Waals surface area contributed by atoms with E-state index in [1.807, 2.05) is 11.4 Å². The van der Waals surface area contributed by atoms with Crippen LogP contribution >= 0.6 is 11.3 Å². The molecular formula is C27H29FN2O5S2. The first-order chi connectivity index (χ1) is 17.9. The van der Waals surface area contributed by atoms with Crippen molar-refractivity contribution in [3.8, 4) is 11.5 Å². The topological polar surface area (TPSA) is 76.2 Å². The second kappa shape index (κ2) is 10.8. The normalized spacial score (nSPS) is 17.5. The van der Waals surface area contributed by atoms with E-state index >= 15 is 0 Å². The summed E-state index contributed by atoms with van der Waals surface area (Å²) in [5, 5.41) is 1.97. The monoisotopic (exact) mass is 544 g/mol. The summed E-state index contributed by atoms with van der Waals surface area (Å²) in [7, 11) is -2.37. The van der Waals surface area contributed by atoms with Gasteiger partial charge < -0.3 is 14.4 Å². The Morgan fingerprint density at radius 2 is 1.89 bits per heavy atom. The van der Waals surface area contributed by atoms with Gasteiger partial charge in [-0.2, -0.15) is 4.31 Å². The van der Waals surface area contributed by atoms with E-state index in [9.17, 15) is 17.6 Å². The molecule has 2 heterocycles. The molecule has 1 amide bonds. The summed E-state index contributed by atoms with van der Waals surface area (Å²) in [4.78, 5) is 16.6. The highest BCUT2D eigenvalue weighted by Crippen LogP contribution is 2.35. The maximum atomic E-state index is 14.2. The lowest BCUT2D eigenvalue weighted by Crippen LogP contribution is -2.48. The van der Waals surface area contributed by atoms with Gasteiger partial charge in [-0.1, -0.05) is 12.1 Å². The summed E-state index contributed by atoms with van der Waals surface area (Å²) in [6.45, 7) is 0.552. The minimum atomic E-state index is -3.89. The number of hydrogen-bond donors (Lipinski definition) is 0. The SMILES string of the molecule is COc1ccc(S(=O)(=O)N(CC(=O)N2CCc3sccc3[C@@H]2COc2ccccc2F)CC2CC2)cc1. The smallest absolute Gasteiger partial charge is 0.243 e. The second-order valence-electron chi connectivity index (χ2n) is 9.31. The van der Waals surface area contributed by atoms with Gasteiger partial charge in [-0.05, 0) is 78.6 Å². The van der Waals surface area contributed by atoms with Crippen molar-refractivity contribution in [3.63, 3.8) is 0 Å².